The topological polar surface area (TPSA) is 35.2 Å². The van der Waals surface area contributed by atoms with Gasteiger partial charge in [-0.1, -0.05) is 36.2 Å². The molecule has 3 atom stereocenters. The summed E-state index contributed by atoms with van der Waals surface area (Å²) in [7, 11) is 0. The second kappa shape index (κ2) is 4.92. The van der Waals surface area contributed by atoms with Gasteiger partial charge < -0.3 is 10.5 Å². The van der Waals surface area contributed by atoms with E-state index in [1.54, 1.807) is 6.07 Å². The van der Waals surface area contributed by atoms with Crippen molar-refractivity contribution in [3.05, 3.63) is 33.8 Å². The van der Waals surface area contributed by atoms with Gasteiger partial charge >= 0.3 is 0 Å². The molecule has 1 aromatic carbocycles. The van der Waals surface area contributed by atoms with Crippen molar-refractivity contribution in [3.8, 4) is 0 Å². The van der Waals surface area contributed by atoms with Crippen molar-refractivity contribution < 1.29 is 4.74 Å². The number of benzene rings is 1. The van der Waals surface area contributed by atoms with Gasteiger partial charge in [0.2, 0.25) is 0 Å². The van der Waals surface area contributed by atoms with Crippen LogP contribution in [-0.4, -0.2) is 12.7 Å². The molecule has 4 heteroatoms. The Labute approximate surface area is 106 Å². The highest BCUT2D eigenvalue weighted by Gasteiger charge is 2.30. The van der Waals surface area contributed by atoms with Gasteiger partial charge in [-0.25, -0.2) is 0 Å². The Morgan fingerprint density at radius 1 is 1.38 bits per heavy atom. The molecule has 1 saturated heterocycles. The van der Waals surface area contributed by atoms with E-state index in [2.05, 4.69) is 6.92 Å². The summed E-state index contributed by atoms with van der Waals surface area (Å²) in [6, 6.07) is 5.38. The number of rotatable bonds is 2. The molecular weight excluding hydrogens is 245 g/mol. The first-order valence-corrected chi connectivity index (χ1v) is 6.17. The Morgan fingerprint density at radius 3 is 2.69 bits per heavy atom. The van der Waals surface area contributed by atoms with Gasteiger partial charge in [-0.3, -0.25) is 0 Å². The molecule has 2 nitrogen and oxygen atoms in total. The summed E-state index contributed by atoms with van der Waals surface area (Å²) in [5, 5.41) is 1.10. The van der Waals surface area contributed by atoms with Crippen molar-refractivity contribution in [2.24, 2.45) is 11.7 Å². The predicted octanol–water partition coefficient (Wildman–Crippen LogP) is 3.42. The molecule has 1 aliphatic heterocycles. The van der Waals surface area contributed by atoms with E-state index in [-0.39, 0.29) is 12.1 Å². The van der Waals surface area contributed by atoms with Crippen LogP contribution in [0.1, 0.15) is 24.9 Å². The van der Waals surface area contributed by atoms with Crippen LogP contribution in [0.5, 0.6) is 0 Å². The highest BCUT2D eigenvalue weighted by Crippen LogP contribution is 2.32. The van der Waals surface area contributed by atoms with Crippen LogP contribution in [0.2, 0.25) is 10.0 Å². The molecule has 1 fully saturated rings. The number of ether oxygens (including phenoxy) is 1. The van der Waals surface area contributed by atoms with E-state index in [1.165, 1.54) is 0 Å². The largest absolute Gasteiger partial charge is 0.376 e. The Kier molecular flexibility index (Phi) is 3.75. The first-order chi connectivity index (χ1) is 7.59. The lowest BCUT2D eigenvalue weighted by atomic mass is 9.93. The summed E-state index contributed by atoms with van der Waals surface area (Å²) < 4.78 is 5.65. The highest BCUT2D eigenvalue weighted by atomic mass is 35.5. The molecule has 0 aliphatic carbocycles. The van der Waals surface area contributed by atoms with E-state index < -0.39 is 0 Å². The van der Waals surface area contributed by atoms with Crippen molar-refractivity contribution in [2.45, 2.75) is 25.5 Å². The highest BCUT2D eigenvalue weighted by molar-refractivity contribution is 6.42. The van der Waals surface area contributed by atoms with Gasteiger partial charge in [-0.15, -0.1) is 0 Å². The Hall–Kier alpha value is -0.280. The third kappa shape index (κ3) is 2.35. The van der Waals surface area contributed by atoms with Gasteiger partial charge in [0.15, 0.2) is 0 Å². The van der Waals surface area contributed by atoms with E-state index in [4.69, 9.17) is 33.7 Å². The zero-order valence-electron chi connectivity index (χ0n) is 9.12. The average Bonchev–Trinajstić information content (AvgIpc) is 2.67. The first kappa shape index (κ1) is 12.2. The van der Waals surface area contributed by atoms with Crippen molar-refractivity contribution in [2.75, 3.05) is 6.61 Å². The van der Waals surface area contributed by atoms with Crippen molar-refractivity contribution in [3.63, 3.8) is 0 Å². The molecule has 3 unspecified atom stereocenters. The monoisotopic (exact) mass is 259 g/mol. The minimum absolute atomic E-state index is 0.0808. The molecule has 2 rings (SSSR count). The van der Waals surface area contributed by atoms with E-state index in [9.17, 15) is 0 Å². The molecule has 0 radical (unpaired) electrons. The van der Waals surface area contributed by atoms with E-state index in [0.29, 0.717) is 16.0 Å². The zero-order valence-corrected chi connectivity index (χ0v) is 10.6. The molecule has 0 saturated carbocycles. The Bertz CT molecular complexity index is 383. The van der Waals surface area contributed by atoms with Gasteiger partial charge in [0.25, 0.3) is 0 Å². The van der Waals surface area contributed by atoms with Gasteiger partial charge in [0.05, 0.1) is 22.2 Å². The van der Waals surface area contributed by atoms with Crippen LogP contribution in [0.4, 0.5) is 0 Å². The Balaban J connectivity index is 2.20. The molecule has 0 bridgehead atoms. The summed E-state index contributed by atoms with van der Waals surface area (Å²) in [6.45, 7) is 2.95. The molecule has 0 amide bonds. The summed E-state index contributed by atoms with van der Waals surface area (Å²) in [4.78, 5) is 0. The normalized spacial score (nSPS) is 27.0. The van der Waals surface area contributed by atoms with Crippen LogP contribution in [0.25, 0.3) is 0 Å². The quantitative estimate of drug-likeness (QED) is 0.884. The molecule has 0 aromatic heterocycles. The molecular formula is C12H15Cl2NO. The maximum absolute atomic E-state index is 6.18. The van der Waals surface area contributed by atoms with Gasteiger partial charge in [-0.05, 0) is 30.0 Å². The fraction of sp³-hybridized carbons (Fsp3) is 0.500. The predicted molar refractivity (Wildman–Crippen MR) is 66.9 cm³/mol. The van der Waals surface area contributed by atoms with Crippen molar-refractivity contribution >= 4 is 23.2 Å². The molecule has 1 aliphatic rings. The van der Waals surface area contributed by atoms with Crippen LogP contribution >= 0.6 is 23.2 Å². The van der Waals surface area contributed by atoms with Crippen molar-refractivity contribution in [1.29, 1.82) is 0 Å². The van der Waals surface area contributed by atoms with E-state index in [0.717, 1.165) is 18.6 Å². The maximum Gasteiger partial charge on any atom is 0.0793 e. The lowest BCUT2D eigenvalue weighted by Gasteiger charge is -2.23. The number of hydrogen-bond donors (Lipinski definition) is 1. The SMILES string of the molecule is CC1CCOC1C(N)c1ccc(Cl)c(Cl)c1. The number of halogens is 2. The van der Waals surface area contributed by atoms with Crippen LogP contribution in [0.15, 0.2) is 18.2 Å². The third-order valence-corrected chi connectivity index (χ3v) is 3.87. The average molecular weight is 260 g/mol. The summed E-state index contributed by atoms with van der Waals surface area (Å²) in [6.07, 6.45) is 1.15. The molecule has 1 heterocycles. The molecule has 2 N–H and O–H groups in total. The maximum atomic E-state index is 6.18. The second-order valence-electron chi connectivity index (χ2n) is 4.30. The molecule has 16 heavy (non-hydrogen) atoms. The van der Waals surface area contributed by atoms with Crippen LogP contribution in [0, 0.1) is 5.92 Å². The lowest BCUT2D eigenvalue weighted by Crippen LogP contribution is -2.29. The fourth-order valence-electron chi connectivity index (χ4n) is 2.09. The minimum atomic E-state index is -0.132. The van der Waals surface area contributed by atoms with Crippen LogP contribution < -0.4 is 5.73 Å². The summed E-state index contributed by atoms with van der Waals surface area (Å²) in [5.41, 5.74) is 7.16. The van der Waals surface area contributed by atoms with E-state index >= 15 is 0 Å². The molecule has 88 valence electrons. The molecule has 0 spiro atoms. The van der Waals surface area contributed by atoms with Crippen LogP contribution in [0.3, 0.4) is 0 Å². The number of nitrogens with two attached hydrogens (primary N) is 1. The number of hydrogen-bond acceptors (Lipinski definition) is 2. The van der Waals surface area contributed by atoms with Gasteiger partial charge in [0, 0.05) is 6.61 Å². The second-order valence-corrected chi connectivity index (χ2v) is 5.12. The molecule has 1 aromatic rings. The minimum Gasteiger partial charge on any atom is -0.376 e. The third-order valence-electron chi connectivity index (χ3n) is 3.13. The summed E-state index contributed by atoms with van der Waals surface area (Å²) in [5.74, 6) is 0.490. The van der Waals surface area contributed by atoms with E-state index in [1.807, 2.05) is 12.1 Å². The lowest BCUT2D eigenvalue weighted by molar-refractivity contribution is 0.0725. The van der Waals surface area contributed by atoms with Gasteiger partial charge in [0.1, 0.15) is 0 Å². The zero-order chi connectivity index (χ0) is 11.7. The first-order valence-electron chi connectivity index (χ1n) is 5.41. The standard InChI is InChI=1S/C12H15Cl2NO/c1-7-4-5-16-12(7)11(15)8-2-3-9(13)10(14)6-8/h2-3,6-7,11-12H,4-5,15H2,1H3. The smallest absolute Gasteiger partial charge is 0.0793 e. The summed E-state index contributed by atoms with van der Waals surface area (Å²) >= 11 is 11.8. The van der Waals surface area contributed by atoms with Gasteiger partial charge in [-0.2, -0.15) is 0 Å². The Morgan fingerprint density at radius 2 is 2.12 bits per heavy atom. The van der Waals surface area contributed by atoms with Crippen molar-refractivity contribution in [1.82, 2.24) is 0 Å². The fourth-order valence-corrected chi connectivity index (χ4v) is 2.39. The van der Waals surface area contributed by atoms with Crippen LogP contribution in [-0.2, 0) is 4.74 Å².